The maximum atomic E-state index is 13.3. The molecule has 2 N–H and O–H groups in total. The second kappa shape index (κ2) is 9.92. The summed E-state index contributed by atoms with van der Waals surface area (Å²) in [7, 11) is 0. The van der Waals surface area contributed by atoms with Crippen LogP contribution in [0.5, 0.6) is 0 Å². The highest BCUT2D eigenvalue weighted by molar-refractivity contribution is 7.99. The van der Waals surface area contributed by atoms with Crippen molar-refractivity contribution in [2.45, 2.75) is 48.4 Å². The van der Waals surface area contributed by atoms with Crippen LogP contribution in [0.15, 0.2) is 57.1 Å². The van der Waals surface area contributed by atoms with Crippen molar-refractivity contribution < 1.29 is 13.9 Å². The largest absolute Gasteiger partial charge is 0.429 e. The third-order valence-electron chi connectivity index (χ3n) is 5.31. The summed E-state index contributed by atoms with van der Waals surface area (Å²) >= 11 is 7.32. The van der Waals surface area contributed by atoms with Crippen LogP contribution in [0.1, 0.15) is 31.4 Å². The molecule has 0 atom stereocenters. The molecule has 0 amide bonds. The summed E-state index contributed by atoms with van der Waals surface area (Å²) in [6, 6.07) is 10.1. The van der Waals surface area contributed by atoms with Crippen LogP contribution < -0.4 is 5.32 Å². The van der Waals surface area contributed by atoms with E-state index in [-0.39, 0.29) is 12.4 Å². The molecule has 158 valence electrons. The number of nitrogens with one attached hydrogen (secondary N) is 1. The van der Waals surface area contributed by atoms with Crippen LogP contribution in [-0.2, 0) is 6.54 Å². The first kappa shape index (κ1) is 21.3. The normalized spacial score (nSPS) is 19.2. The van der Waals surface area contributed by atoms with E-state index < -0.39 is 0 Å². The summed E-state index contributed by atoms with van der Waals surface area (Å²) < 4.78 is 19.3. The molecule has 0 spiro atoms. The van der Waals surface area contributed by atoms with Gasteiger partial charge in [-0.05, 0) is 79.8 Å². The molecule has 0 saturated heterocycles. The number of oxazole rings is 1. The van der Waals surface area contributed by atoms with Gasteiger partial charge < -0.3 is 14.8 Å². The number of benzene rings is 1. The first-order valence-corrected chi connectivity index (χ1v) is 11.2. The summed E-state index contributed by atoms with van der Waals surface area (Å²) in [5.74, 6) is 0.570. The standard InChI is InChI=1S/C22H23ClFN3O2S/c23-16-5-10-20(26-11-16)30-22-19(12-25-18-8-1-14(13-28)2-9-18)27-21(29-22)15-3-6-17(24)7-4-15/h3-7,10-11,14,18,25,28H,1-2,8-9,12-13H2/t14-,18-. The van der Waals surface area contributed by atoms with Crippen LogP contribution in [0.2, 0.25) is 5.02 Å². The van der Waals surface area contributed by atoms with Crippen LogP contribution in [0.4, 0.5) is 4.39 Å². The number of aliphatic hydroxyl groups excluding tert-OH is 1. The Labute approximate surface area is 184 Å². The van der Waals surface area contributed by atoms with E-state index in [0.717, 1.165) is 42.0 Å². The fourth-order valence-electron chi connectivity index (χ4n) is 3.55. The van der Waals surface area contributed by atoms with Crippen molar-refractivity contribution in [2.75, 3.05) is 6.61 Å². The Hall–Kier alpha value is -1.93. The quantitative estimate of drug-likeness (QED) is 0.510. The highest BCUT2D eigenvalue weighted by atomic mass is 35.5. The van der Waals surface area contributed by atoms with Gasteiger partial charge in [0, 0.05) is 31.0 Å². The van der Waals surface area contributed by atoms with Gasteiger partial charge in [0.15, 0.2) is 5.09 Å². The Balaban J connectivity index is 1.52. The number of hydrogen-bond acceptors (Lipinski definition) is 6. The first-order chi connectivity index (χ1) is 14.6. The smallest absolute Gasteiger partial charge is 0.227 e. The molecule has 8 heteroatoms. The zero-order valence-electron chi connectivity index (χ0n) is 16.4. The maximum Gasteiger partial charge on any atom is 0.227 e. The molecule has 0 radical (unpaired) electrons. The monoisotopic (exact) mass is 447 g/mol. The van der Waals surface area contributed by atoms with E-state index in [0.29, 0.717) is 34.5 Å². The maximum absolute atomic E-state index is 13.3. The lowest BCUT2D eigenvalue weighted by atomic mass is 9.86. The number of hydrogen-bond donors (Lipinski definition) is 2. The Morgan fingerprint density at radius 2 is 1.90 bits per heavy atom. The lowest BCUT2D eigenvalue weighted by Gasteiger charge is -2.27. The lowest BCUT2D eigenvalue weighted by molar-refractivity contribution is 0.175. The fourth-order valence-corrected chi connectivity index (χ4v) is 4.45. The van der Waals surface area contributed by atoms with Gasteiger partial charge in [-0.2, -0.15) is 0 Å². The van der Waals surface area contributed by atoms with Crippen LogP contribution >= 0.6 is 23.4 Å². The third kappa shape index (κ3) is 5.40. The summed E-state index contributed by atoms with van der Waals surface area (Å²) in [6.45, 7) is 0.834. The van der Waals surface area contributed by atoms with Gasteiger partial charge in [0.2, 0.25) is 5.89 Å². The van der Waals surface area contributed by atoms with E-state index in [9.17, 15) is 9.50 Å². The Morgan fingerprint density at radius 1 is 1.13 bits per heavy atom. The van der Waals surface area contributed by atoms with E-state index in [1.54, 1.807) is 24.4 Å². The van der Waals surface area contributed by atoms with E-state index >= 15 is 0 Å². The van der Waals surface area contributed by atoms with Crippen LogP contribution in [0.25, 0.3) is 11.5 Å². The number of aromatic nitrogens is 2. The Bertz CT molecular complexity index is 958. The van der Waals surface area contributed by atoms with Crippen LogP contribution in [-0.4, -0.2) is 27.7 Å². The van der Waals surface area contributed by atoms with Crippen molar-refractivity contribution in [1.29, 1.82) is 0 Å². The molecular weight excluding hydrogens is 425 g/mol. The summed E-state index contributed by atoms with van der Waals surface area (Å²) in [5.41, 5.74) is 1.51. The van der Waals surface area contributed by atoms with Crippen molar-refractivity contribution in [2.24, 2.45) is 5.92 Å². The molecule has 1 aliphatic rings. The third-order valence-corrected chi connectivity index (χ3v) is 6.49. The number of rotatable bonds is 7. The highest BCUT2D eigenvalue weighted by Crippen LogP contribution is 2.34. The number of halogens is 2. The van der Waals surface area contributed by atoms with Gasteiger partial charge in [0.25, 0.3) is 0 Å². The van der Waals surface area contributed by atoms with Gasteiger partial charge in [-0.1, -0.05) is 11.6 Å². The second-order valence-electron chi connectivity index (χ2n) is 7.46. The molecule has 1 aromatic carbocycles. The van der Waals surface area contributed by atoms with E-state index in [1.165, 1.54) is 23.9 Å². The van der Waals surface area contributed by atoms with Gasteiger partial charge in [-0.15, -0.1) is 0 Å². The van der Waals surface area contributed by atoms with Gasteiger partial charge in [-0.3, -0.25) is 0 Å². The van der Waals surface area contributed by atoms with Crippen molar-refractivity contribution >= 4 is 23.4 Å². The molecule has 3 aromatic rings. The predicted molar refractivity (Wildman–Crippen MR) is 115 cm³/mol. The fraction of sp³-hybridized carbons (Fsp3) is 0.364. The van der Waals surface area contributed by atoms with Crippen molar-refractivity contribution in [3.05, 3.63) is 59.1 Å². The van der Waals surface area contributed by atoms with Gasteiger partial charge in [0.05, 0.1) is 5.02 Å². The van der Waals surface area contributed by atoms with Crippen LogP contribution in [0, 0.1) is 11.7 Å². The van der Waals surface area contributed by atoms with Crippen LogP contribution in [0.3, 0.4) is 0 Å². The van der Waals surface area contributed by atoms with E-state index in [4.69, 9.17) is 16.0 Å². The molecule has 30 heavy (non-hydrogen) atoms. The minimum absolute atomic E-state index is 0.270. The van der Waals surface area contributed by atoms with E-state index in [2.05, 4.69) is 15.3 Å². The summed E-state index contributed by atoms with van der Waals surface area (Å²) in [4.78, 5) is 9.00. The zero-order chi connectivity index (χ0) is 20.9. The average molecular weight is 448 g/mol. The zero-order valence-corrected chi connectivity index (χ0v) is 17.9. The van der Waals surface area contributed by atoms with Gasteiger partial charge >= 0.3 is 0 Å². The highest BCUT2D eigenvalue weighted by Gasteiger charge is 2.22. The average Bonchev–Trinajstić information content (AvgIpc) is 3.17. The van der Waals surface area contributed by atoms with Crippen molar-refractivity contribution in [3.8, 4) is 11.5 Å². The molecular formula is C22H23ClFN3O2S. The molecule has 2 aromatic heterocycles. The van der Waals surface area contributed by atoms with E-state index in [1.807, 2.05) is 6.07 Å². The molecule has 5 nitrogen and oxygen atoms in total. The molecule has 1 aliphatic carbocycles. The summed E-state index contributed by atoms with van der Waals surface area (Å²) in [6.07, 6.45) is 5.73. The lowest BCUT2D eigenvalue weighted by Crippen LogP contribution is -2.33. The molecule has 1 fully saturated rings. The first-order valence-electron chi connectivity index (χ1n) is 10.00. The number of aliphatic hydroxyl groups is 1. The topological polar surface area (TPSA) is 71.2 Å². The Kier molecular flexibility index (Phi) is 7.04. The molecule has 0 aliphatic heterocycles. The summed E-state index contributed by atoms with van der Waals surface area (Å²) in [5, 5.41) is 14.9. The second-order valence-corrected chi connectivity index (χ2v) is 8.89. The van der Waals surface area contributed by atoms with Crippen molar-refractivity contribution in [3.63, 3.8) is 0 Å². The Morgan fingerprint density at radius 3 is 2.57 bits per heavy atom. The molecule has 0 bridgehead atoms. The molecule has 2 heterocycles. The molecule has 4 rings (SSSR count). The predicted octanol–water partition coefficient (Wildman–Crippen LogP) is 5.32. The minimum atomic E-state index is -0.300. The van der Waals surface area contributed by atoms with Crippen molar-refractivity contribution in [1.82, 2.24) is 15.3 Å². The molecule has 0 unspecified atom stereocenters. The number of nitrogens with zero attached hydrogens (tertiary/aromatic N) is 2. The van der Waals surface area contributed by atoms with Gasteiger partial charge in [-0.25, -0.2) is 14.4 Å². The number of pyridine rings is 1. The minimum Gasteiger partial charge on any atom is -0.429 e. The molecule has 1 saturated carbocycles. The SMILES string of the molecule is OC[C@H]1CC[C@H](NCc2nc(-c3ccc(F)cc3)oc2Sc2ccc(Cl)cn2)CC1. The van der Waals surface area contributed by atoms with Gasteiger partial charge in [0.1, 0.15) is 16.5 Å².